The normalized spacial score (nSPS) is 12.0. The van der Waals surface area contributed by atoms with Crippen LogP contribution < -0.4 is 4.74 Å². The van der Waals surface area contributed by atoms with Crippen LogP contribution in [0.1, 0.15) is 5.56 Å². The first-order valence-corrected chi connectivity index (χ1v) is 4.55. The van der Waals surface area contributed by atoms with Gasteiger partial charge in [0, 0.05) is 0 Å². The fourth-order valence-corrected chi connectivity index (χ4v) is 1.16. The van der Waals surface area contributed by atoms with Crippen molar-refractivity contribution in [3.8, 4) is 5.75 Å². The number of alkyl halides is 3. The summed E-state index contributed by atoms with van der Waals surface area (Å²) in [6.45, 7) is 0. The zero-order valence-corrected chi connectivity index (χ0v) is 8.47. The predicted octanol–water partition coefficient (Wildman–Crippen LogP) is 3.95. The van der Waals surface area contributed by atoms with Crippen molar-refractivity contribution in [3.05, 3.63) is 34.8 Å². The monoisotopic (exact) mass is 266 g/mol. The SMILES string of the molecule is FC(F)(F)Oc1ccc(/C=C/Br)cc1. The zero-order valence-electron chi connectivity index (χ0n) is 6.88. The maximum atomic E-state index is 11.7. The van der Waals surface area contributed by atoms with Crippen molar-refractivity contribution in [2.45, 2.75) is 6.36 Å². The van der Waals surface area contributed by atoms with Crippen LogP contribution in [0.15, 0.2) is 29.3 Å². The van der Waals surface area contributed by atoms with Gasteiger partial charge in [0.1, 0.15) is 5.75 Å². The van der Waals surface area contributed by atoms with E-state index in [9.17, 15) is 13.2 Å². The molecule has 0 saturated heterocycles. The van der Waals surface area contributed by atoms with Gasteiger partial charge in [-0.05, 0) is 28.8 Å². The van der Waals surface area contributed by atoms with Gasteiger partial charge in [-0.25, -0.2) is 0 Å². The first-order chi connectivity index (χ1) is 6.51. The smallest absolute Gasteiger partial charge is 0.406 e. The lowest BCUT2D eigenvalue weighted by Gasteiger charge is -2.08. The molecule has 0 heterocycles. The lowest BCUT2D eigenvalue weighted by Crippen LogP contribution is -2.16. The minimum atomic E-state index is -4.63. The Kier molecular flexibility index (Phi) is 3.57. The minimum Gasteiger partial charge on any atom is -0.406 e. The Bertz CT molecular complexity index is 316. The van der Waals surface area contributed by atoms with E-state index in [0.29, 0.717) is 0 Å². The summed E-state index contributed by atoms with van der Waals surface area (Å²) in [7, 11) is 0. The second-order valence-corrected chi connectivity index (χ2v) is 2.94. The molecule has 1 nitrogen and oxygen atoms in total. The lowest BCUT2D eigenvalue weighted by molar-refractivity contribution is -0.274. The summed E-state index contributed by atoms with van der Waals surface area (Å²) in [6, 6.07) is 5.57. The van der Waals surface area contributed by atoms with Crippen LogP contribution in [-0.2, 0) is 0 Å². The highest BCUT2D eigenvalue weighted by molar-refractivity contribution is 9.11. The van der Waals surface area contributed by atoms with Gasteiger partial charge in [0.05, 0.1) is 0 Å². The molecule has 76 valence electrons. The fourth-order valence-electron chi connectivity index (χ4n) is 0.853. The Hall–Kier alpha value is -0.970. The fraction of sp³-hybridized carbons (Fsp3) is 0.111. The first-order valence-electron chi connectivity index (χ1n) is 3.64. The molecular formula is C9H6BrF3O. The molecule has 14 heavy (non-hydrogen) atoms. The van der Waals surface area contributed by atoms with Crippen LogP contribution in [0.5, 0.6) is 5.75 Å². The van der Waals surface area contributed by atoms with Crippen LogP contribution in [0.4, 0.5) is 13.2 Å². The number of rotatable bonds is 2. The topological polar surface area (TPSA) is 9.23 Å². The minimum absolute atomic E-state index is 0.218. The van der Waals surface area contributed by atoms with E-state index >= 15 is 0 Å². The standard InChI is InChI=1S/C9H6BrF3O/c10-6-5-7-1-3-8(4-2-7)14-9(11,12)13/h1-6H/b6-5+. The first kappa shape index (κ1) is 11.1. The summed E-state index contributed by atoms with van der Waals surface area (Å²) >= 11 is 3.06. The predicted molar refractivity (Wildman–Crippen MR) is 51.1 cm³/mol. The number of ether oxygens (including phenoxy) is 1. The van der Waals surface area contributed by atoms with Crippen LogP contribution in [0.25, 0.3) is 6.08 Å². The summed E-state index contributed by atoms with van der Waals surface area (Å²) in [5.41, 5.74) is 0.788. The molecule has 0 spiro atoms. The van der Waals surface area contributed by atoms with Crippen molar-refractivity contribution in [2.24, 2.45) is 0 Å². The molecule has 1 rings (SSSR count). The Morgan fingerprint density at radius 1 is 1.14 bits per heavy atom. The summed E-state index contributed by atoms with van der Waals surface area (Å²) in [6.07, 6.45) is -2.93. The number of hydrogen-bond donors (Lipinski definition) is 0. The third kappa shape index (κ3) is 3.83. The van der Waals surface area contributed by atoms with Crippen LogP contribution in [0.3, 0.4) is 0 Å². The van der Waals surface area contributed by atoms with Gasteiger partial charge in [-0.1, -0.05) is 28.1 Å². The van der Waals surface area contributed by atoms with Crippen molar-refractivity contribution in [1.82, 2.24) is 0 Å². The zero-order chi connectivity index (χ0) is 10.6. The molecule has 1 aromatic carbocycles. The lowest BCUT2D eigenvalue weighted by atomic mass is 10.2. The van der Waals surface area contributed by atoms with E-state index < -0.39 is 6.36 Å². The quantitative estimate of drug-likeness (QED) is 0.788. The average molecular weight is 267 g/mol. The van der Waals surface area contributed by atoms with Gasteiger partial charge < -0.3 is 4.74 Å². The molecule has 1 aromatic rings. The maximum Gasteiger partial charge on any atom is 0.573 e. The number of hydrogen-bond acceptors (Lipinski definition) is 1. The summed E-state index contributed by atoms with van der Waals surface area (Å²) in [5, 5.41) is 0. The molecule has 0 aliphatic rings. The van der Waals surface area contributed by atoms with E-state index in [1.165, 1.54) is 24.3 Å². The van der Waals surface area contributed by atoms with Crippen molar-refractivity contribution in [2.75, 3.05) is 0 Å². The second kappa shape index (κ2) is 4.50. The molecule has 0 aliphatic carbocycles. The van der Waals surface area contributed by atoms with Crippen LogP contribution >= 0.6 is 15.9 Å². The highest BCUT2D eigenvalue weighted by atomic mass is 79.9. The van der Waals surface area contributed by atoms with Crippen LogP contribution in [-0.4, -0.2) is 6.36 Å². The average Bonchev–Trinajstić information content (AvgIpc) is 2.06. The molecular weight excluding hydrogens is 261 g/mol. The molecule has 0 bridgehead atoms. The maximum absolute atomic E-state index is 11.7. The van der Waals surface area contributed by atoms with Gasteiger partial charge in [0.25, 0.3) is 0 Å². The highest BCUT2D eigenvalue weighted by Gasteiger charge is 2.30. The van der Waals surface area contributed by atoms with Gasteiger partial charge in [0.15, 0.2) is 0 Å². The Balaban J connectivity index is 2.74. The van der Waals surface area contributed by atoms with Crippen molar-refractivity contribution in [1.29, 1.82) is 0 Å². The van der Waals surface area contributed by atoms with Gasteiger partial charge in [-0.2, -0.15) is 0 Å². The number of halogens is 4. The molecule has 0 N–H and O–H groups in total. The van der Waals surface area contributed by atoms with E-state index in [1.54, 1.807) is 11.1 Å². The third-order valence-electron chi connectivity index (χ3n) is 1.37. The summed E-state index contributed by atoms with van der Waals surface area (Å²) in [4.78, 5) is 1.62. The molecule has 0 atom stereocenters. The molecule has 0 saturated carbocycles. The second-order valence-electron chi connectivity index (χ2n) is 2.41. The summed E-state index contributed by atoms with van der Waals surface area (Å²) < 4.78 is 38.9. The molecule has 5 heteroatoms. The van der Waals surface area contributed by atoms with Gasteiger partial charge >= 0.3 is 6.36 Å². The molecule has 0 radical (unpaired) electrons. The molecule has 0 aliphatic heterocycles. The van der Waals surface area contributed by atoms with Gasteiger partial charge in [0.2, 0.25) is 0 Å². The van der Waals surface area contributed by atoms with Crippen LogP contribution in [0, 0.1) is 0 Å². The van der Waals surface area contributed by atoms with Crippen molar-refractivity contribution >= 4 is 22.0 Å². The van der Waals surface area contributed by atoms with Gasteiger partial charge in [-0.3, -0.25) is 0 Å². The van der Waals surface area contributed by atoms with Crippen molar-refractivity contribution in [3.63, 3.8) is 0 Å². The van der Waals surface area contributed by atoms with E-state index in [2.05, 4.69) is 20.7 Å². The molecule has 0 fully saturated rings. The highest BCUT2D eigenvalue weighted by Crippen LogP contribution is 2.22. The van der Waals surface area contributed by atoms with E-state index in [-0.39, 0.29) is 5.75 Å². The van der Waals surface area contributed by atoms with Crippen LogP contribution in [0.2, 0.25) is 0 Å². The van der Waals surface area contributed by atoms with Gasteiger partial charge in [-0.15, -0.1) is 13.2 Å². The largest absolute Gasteiger partial charge is 0.573 e. The number of benzene rings is 1. The Morgan fingerprint density at radius 2 is 1.71 bits per heavy atom. The van der Waals surface area contributed by atoms with E-state index in [0.717, 1.165) is 5.56 Å². The molecule has 0 unspecified atom stereocenters. The third-order valence-corrected chi connectivity index (χ3v) is 1.63. The molecule has 0 aromatic heterocycles. The summed E-state index contributed by atoms with van der Waals surface area (Å²) in [5.74, 6) is -0.218. The Labute approximate surface area is 87.3 Å². The molecule has 0 amide bonds. The van der Waals surface area contributed by atoms with Crippen molar-refractivity contribution < 1.29 is 17.9 Å². The van der Waals surface area contributed by atoms with E-state index in [1.807, 2.05) is 0 Å². The van der Waals surface area contributed by atoms with E-state index in [4.69, 9.17) is 0 Å². The Morgan fingerprint density at radius 3 is 2.14 bits per heavy atom.